The Labute approximate surface area is 135 Å². The van der Waals surface area contributed by atoms with Crippen molar-refractivity contribution >= 4 is 27.3 Å². The highest BCUT2D eigenvalue weighted by Gasteiger charge is 2.18. The lowest BCUT2D eigenvalue weighted by Crippen LogP contribution is -2.20. The summed E-state index contributed by atoms with van der Waals surface area (Å²) in [6.07, 6.45) is 0. The predicted octanol–water partition coefficient (Wildman–Crippen LogP) is 3.93. The highest BCUT2D eigenvalue weighted by atomic mass is 79.9. The van der Waals surface area contributed by atoms with E-state index in [1.807, 2.05) is 12.1 Å². The van der Waals surface area contributed by atoms with E-state index in [0.717, 1.165) is 9.04 Å². The normalized spacial score (nSPS) is 10.8. The molecule has 2 aromatic rings. The van der Waals surface area contributed by atoms with Gasteiger partial charge < -0.3 is 5.11 Å². The smallest absolute Gasteiger partial charge is 0.281 e. The molecule has 1 aromatic heterocycles. The van der Waals surface area contributed by atoms with Gasteiger partial charge >= 0.3 is 0 Å². The molecule has 0 atom stereocenters. The van der Waals surface area contributed by atoms with Crippen LogP contribution in [0.1, 0.15) is 18.1 Å². The molecule has 1 heterocycles. The van der Waals surface area contributed by atoms with E-state index in [0.29, 0.717) is 11.3 Å². The Bertz CT molecular complexity index is 850. The number of halogens is 1. The summed E-state index contributed by atoms with van der Waals surface area (Å²) in [5.74, 6) is -0.339. The monoisotopic (exact) mass is 360 g/mol. The Morgan fingerprint density at radius 2 is 2.14 bits per heavy atom. The molecule has 0 saturated carbocycles. The van der Waals surface area contributed by atoms with Crippen molar-refractivity contribution in [2.75, 3.05) is 0 Å². The summed E-state index contributed by atoms with van der Waals surface area (Å²) in [6, 6.07) is 9.04. The summed E-state index contributed by atoms with van der Waals surface area (Å²) in [6.45, 7) is 3.50. The van der Waals surface area contributed by atoms with Crippen LogP contribution in [0.25, 0.3) is 0 Å². The van der Waals surface area contributed by atoms with E-state index in [1.54, 1.807) is 32.0 Å². The lowest BCUT2D eigenvalue weighted by atomic mass is 10.1. The van der Waals surface area contributed by atoms with E-state index in [4.69, 9.17) is 5.26 Å². The van der Waals surface area contributed by atoms with Gasteiger partial charge in [0.25, 0.3) is 5.56 Å². The third kappa shape index (κ3) is 2.92. The fourth-order valence-corrected chi connectivity index (χ4v) is 2.38. The Kier molecular flexibility index (Phi) is 4.73. The van der Waals surface area contributed by atoms with Gasteiger partial charge in [-0.05, 0) is 32.0 Å². The Morgan fingerprint density at radius 3 is 2.73 bits per heavy atom. The third-order valence-electron chi connectivity index (χ3n) is 3.16. The molecule has 0 fully saturated rings. The van der Waals surface area contributed by atoms with E-state index in [1.165, 1.54) is 0 Å². The average molecular weight is 361 g/mol. The zero-order chi connectivity index (χ0) is 16.3. The third-order valence-corrected chi connectivity index (χ3v) is 3.65. The summed E-state index contributed by atoms with van der Waals surface area (Å²) < 4.78 is 1.94. The van der Waals surface area contributed by atoms with Crippen LogP contribution in [0.5, 0.6) is 5.88 Å². The van der Waals surface area contributed by atoms with Gasteiger partial charge in [-0.2, -0.15) is 10.4 Å². The van der Waals surface area contributed by atoms with E-state index in [-0.39, 0.29) is 23.7 Å². The summed E-state index contributed by atoms with van der Waals surface area (Å²) in [4.78, 5) is 12.3. The molecule has 7 heteroatoms. The van der Waals surface area contributed by atoms with Gasteiger partial charge in [-0.1, -0.05) is 22.0 Å². The van der Waals surface area contributed by atoms with Crippen molar-refractivity contribution in [3.05, 3.63) is 50.2 Å². The van der Waals surface area contributed by atoms with Crippen molar-refractivity contribution in [2.45, 2.75) is 20.4 Å². The van der Waals surface area contributed by atoms with Crippen molar-refractivity contribution in [2.24, 2.45) is 10.2 Å². The Balaban J connectivity index is 2.61. The molecule has 1 N–H and O–H groups in total. The van der Waals surface area contributed by atoms with Gasteiger partial charge in [-0.25, -0.2) is 0 Å². The van der Waals surface area contributed by atoms with Gasteiger partial charge in [0.15, 0.2) is 5.69 Å². The minimum absolute atomic E-state index is 0.0321. The number of aromatic nitrogens is 1. The number of hydrogen-bond donors (Lipinski definition) is 1. The average Bonchev–Trinajstić information content (AvgIpc) is 2.48. The van der Waals surface area contributed by atoms with Gasteiger partial charge in [-0.15, -0.1) is 5.11 Å². The van der Waals surface area contributed by atoms with Gasteiger partial charge in [0.2, 0.25) is 5.88 Å². The van der Waals surface area contributed by atoms with E-state index < -0.39 is 5.56 Å². The van der Waals surface area contributed by atoms with Crippen LogP contribution in [0.15, 0.2) is 43.8 Å². The summed E-state index contributed by atoms with van der Waals surface area (Å²) in [7, 11) is 0. The van der Waals surface area contributed by atoms with Crippen molar-refractivity contribution in [3.8, 4) is 11.9 Å². The number of nitrogens with zero attached hydrogens (tertiary/aromatic N) is 4. The molecular weight excluding hydrogens is 348 g/mol. The quantitative estimate of drug-likeness (QED) is 0.840. The second kappa shape index (κ2) is 6.54. The van der Waals surface area contributed by atoms with Crippen LogP contribution in [-0.2, 0) is 6.54 Å². The highest BCUT2D eigenvalue weighted by molar-refractivity contribution is 9.10. The van der Waals surface area contributed by atoms with E-state index >= 15 is 0 Å². The van der Waals surface area contributed by atoms with Crippen LogP contribution >= 0.6 is 15.9 Å². The SMILES string of the molecule is CCn1c(O)c(C#N)c(C)c(N=Nc2cccc(Br)c2)c1=O. The first-order chi connectivity index (χ1) is 10.5. The molecule has 2 rings (SSSR count). The fraction of sp³-hybridized carbons (Fsp3) is 0.200. The van der Waals surface area contributed by atoms with Crippen LogP contribution in [0.2, 0.25) is 0 Å². The molecule has 0 amide bonds. The Hall–Kier alpha value is -2.46. The molecule has 1 aromatic carbocycles. The molecule has 0 bridgehead atoms. The minimum Gasteiger partial charge on any atom is -0.493 e. The van der Waals surface area contributed by atoms with Crippen LogP contribution in [0, 0.1) is 18.3 Å². The largest absolute Gasteiger partial charge is 0.493 e. The molecule has 0 radical (unpaired) electrons. The lowest BCUT2D eigenvalue weighted by molar-refractivity contribution is 0.409. The summed E-state index contributed by atoms with van der Waals surface area (Å²) >= 11 is 3.33. The molecule has 22 heavy (non-hydrogen) atoms. The number of azo groups is 1. The zero-order valence-corrected chi connectivity index (χ0v) is 13.6. The molecule has 112 valence electrons. The highest BCUT2D eigenvalue weighted by Crippen LogP contribution is 2.27. The molecule has 6 nitrogen and oxygen atoms in total. The van der Waals surface area contributed by atoms with E-state index in [9.17, 15) is 9.90 Å². The van der Waals surface area contributed by atoms with Crippen LogP contribution in [0.4, 0.5) is 11.4 Å². The molecular formula is C15H13BrN4O2. The van der Waals surface area contributed by atoms with Crippen LogP contribution < -0.4 is 5.56 Å². The van der Waals surface area contributed by atoms with E-state index in [2.05, 4.69) is 26.2 Å². The van der Waals surface area contributed by atoms with Gasteiger partial charge in [0.1, 0.15) is 11.6 Å². The van der Waals surface area contributed by atoms with Gasteiger partial charge in [0, 0.05) is 16.6 Å². The van der Waals surface area contributed by atoms with Crippen molar-refractivity contribution < 1.29 is 5.11 Å². The first-order valence-electron chi connectivity index (χ1n) is 6.53. The number of rotatable bonds is 3. The minimum atomic E-state index is -0.477. The predicted molar refractivity (Wildman–Crippen MR) is 85.8 cm³/mol. The number of benzene rings is 1. The molecule has 0 aliphatic carbocycles. The first-order valence-corrected chi connectivity index (χ1v) is 7.32. The molecule has 0 aliphatic rings. The maximum atomic E-state index is 12.3. The molecule has 0 spiro atoms. The van der Waals surface area contributed by atoms with Gasteiger partial charge in [0.05, 0.1) is 5.69 Å². The van der Waals surface area contributed by atoms with Crippen LogP contribution in [0.3, 0.4) is 0 Å². The van der Waals surface area contributed by atoms with Crippen molar-refractivity contribution in [1.82, 2.24) is 4.57 Å². The van der Waals surface area contributed by atoms with Crippen molar-refractivity contribution in [1.29, 1.82) is 5.26 Å². The number of pyridine rings is 1. The number of aromatic hydroxyl groups is 1. The molecule has 0 unspecified atom stereocenters. The zero-order valence-electron chi connectivity index (χ0n) is 12.0. The topological polar surface area (TPSA) is 90.7 Å². The second-order valence-corrected chi connectivity index (χ2v) is 5.43. The number of nitriles is 1. The fourth-order valence-electron chi connectivity index (χ4n) is 2.00. The maximum Gasteiger partial charge on any atom is 0.281 e. The second-order valence-electron chi connectivity index (χ2n) is 4.51. The maximum absolute atomic E-state index is 12.3. The standard InChI is InChI=1S/C15H13BrN4O2/c1-3-20-14(21)12(8-17)9(2)13(15(20)22)19-18-11-6-4-5-10(16)7-11/h4-7,21H,3H2,1-2H3. The van der Waals surface area contributed by atoms with Gasteiger partial charge in [-0.3, -0.25) is 9.36 Å². The van der Waals surface area contributed by atoms with Crippen molar-refractivity contribution in [3.63, 3.8) is 0 Å². The first kappa shape index (κ1) is 15.9. The Morgan fingerprint density at radius 1 is 1.41 bits per heavy atom. The lowest BCUT2D eigenvalue weighted by Gasteiger charge is -2.10. The summed E-state index contributed by atoms with van der Waals surface area (Å²) in [5.41, 5.74) is 0.493. The number of hydrogen-bond acceptors (Lipinski definition) is 5. The van der Waals surface area contributed by atoms with Crippen LogP contribution in [-0.4, -0.2) is 9.67 Å². The summed E-state index contributed by atoms with van der Waals surface area (Å²) in [5, 5.41) is 27.1. The molecule has 0 saturated heterocycles. The molecule has 0 aliphatic heterocycles.